The summed E-state index contributed by atoms with van der Waals surface area (Å²) in [6.07, 6.45) is 4.97. The lowest BCUT2D eigenvalue weighted by Crippen LogP contribution is -2.47. The monoisotopic (exact) mass is 564 g/mol. The van der Waals surface area contributed by atoms with Crippen LogP contribution in [-0.4, -0.2) is 62.7 Å². The molecule has 0 amide bonds. The van der Waals surface area contributed by atoms with Gasteiger partial charge in [0.2, 0.25) is 10.6 Å². The summed E-state index contributed by atoms with van der Waals surface area (Å²) in [7, 11) is 0. The predicted octanol–water partition coefficient (Wildman–Crippen LogP) is 4.69. The van der Waals surface area contributed by atoms with Crippen molar-refractivity contribution in [1.82, 2.24) is 19.2 Å². The molecule has 0 unspecified atom stereocenters. The Bertz CT molecular complexity index is 1700. The minimum Gasteiger partial charge on any atom is -0.477 e. The van der Waals surface area contributed by atoms with E-state index >= 15 is 4.39 Å². The molecule has 0 atom stereocenters. The molecule has 0 radical (unpaired) electrons. The molecular formula is C27H25FN6O3S2. The average molecular weight is 565 g/mol. The number of piperazine rings is 1. The van der Waals surface area contributed by atoms with Crippen LogP contribution in [0.3, 0.4) is 0 Å². The number of hydrogen-bond donors (Lipinski definition) is 1. The Balaban J connectivity index is 1.17. The maximum absolute atomic E-state index is 15.3. The highest BCUT2D eigenvalue weighted by Crippen LogP contribution is 2.38. The number of aliphatic imine (C=N–C) groups is 1. The molecule has 1 saturated carbocycles. The van der Waals surface area contributed by atoms with Crippen LogP contribution in [0.5, 0.6) is 0 Å². The molecule has 1 N–H and O–H groups in total. The molecule has 1 aliphatic carbocycles. The number of fused-ring (bicyclic) bond motifs is 1. The molecule has 2 aromatic heterocycles. The topological polar surface area (TPSA) is 96.0 Å². The number of anilines is 1. The first-order valence-corrected chi connectivity index (χ1v) is 13.9. The van der Waals surface area contributed by atoms with Gasteiger partial charge < -0.3 is 14.6 Å². The van der Waals surface area contributed by atoms with Crippen LogP contribution in [0.2, 0.25) is 0 Å². The lowest BCUT2D eigenvalue weighted by molar-refractivity contribution is 0.0695. The van der Waals surface area contributed by atoms with Gasteiger partial charge in [0.15, 0.2) is 3.95 Å². The van der Waals surface area contributed by atoms with E-state index in [0.29, 0.717) is 53.1 Å². The van der Waals surface area contributed by atoms with E-state index in [9.17, 15) is 14.7 Å². The largest absolute Gasteiger partial charge is 0.477 e. The maximum atomic E-state index is 15.3. The molecule has 9 nitrogen and oxygen atoms in total. The van der Waals surface area contributed by atoms with E-state index in [1.807, 2.05) is 39.8 Å². The van der Waals surface area contributed by atoms with Gasteiger partial charge in [-0.3, -0.25) is 9.69 Å². The summed E-state index contributed by atoms with van der Waals surface area (Å²) in [6.45, 7) is 3.03. The molecule has 39 heavy (non-hydrogen) atoms. The standard InChI is InChI=1S/C27H25FN6O3S2/c28-21-12-19-22(33(18-6-7-18)15-20(24(19)35)25(36)37)13-23(21)32-10-8-31(9-11-32)16-34-27(38)39-26(30-34)29-14-17-4-2-1-3-5-17/h1-5,12-15,18H,6-11,16H2,(H,36,37)/b29-14+. The van der Waals surface area contributed by atoms with Gasteiger partial charge >= 0.3 is 5.97 Å². The smallest absolute Gasteiger partial charge is 0.341 e. The third-order valence-electron chi connectivity index (χ3n) is 7.04. The Hall–Kier alpha value is -3.74. The first-order chi connectivity index (χ1) is 18.9. The van der Waals surface area contributed by atoms with Gasteiger partial charge in [-0.1, -0.05) is 41.7 Å². The molecule has 2 aromatic carbocycles. The number of pyridine rings is 1. The van der Waals surface area contributed by atoms with E-state index < -0.39 is 17.2 Å². The summed E-state index contributed by atoms with van der Waals surface area (Å²) in [5.74, 6) is -1.83. The Morgan fingerprint density at radius 2 is 1.92 bits per heavy atom. The molecule has 3 heterocycles. The summed E-state index contributed by atoms with van der Waals surface area (Å²) in [4.78, 5) is 33.0. The zero-order valence-electron chi connectivity index (χ0n) is 20.9. The van der Waals surface area contributed by atoms with Gasteiger partial charge in [0.25, 0.3) is 0 Å². The van der Waals surface area contributed by atoms with Crippen molar-refractivity contribution in [2.24, 2.45) is 4.99 Å². The van der Waals surface area contributed by atoms with Crippen molar-refractivity contribution < 1.29 is 14.3 Å². The van der Waals surface area contributed by atoms with Crippen molar-refractivity contribution in [1.29, 1.82) is 0 Å². The molecule has 2 aliphatic rings. The van der Waals surface area contributed by atoms with Crippen LogP contribution in [0.25, 0.3) is 10.9 Å². The summed E-state index contributed by atoms with van der Waals surface area (Å²) in [6, 6.07) is 12.8. The number of carboxylic acids is 1. The minimum atomic E-state index is -1.30. The molecule has 6 rings (SSSR count). The van der Waals surface area contributed by atoms with Crippen molar-refractivity contribution in [3.05, 3.63) is 79.8 Å². The Morgan fingerprint density at radius 1 is 1.18 bits per heavy atom. The molecule has 0 bridgehead atoms. The van der Waals surface area contributed by atoms with Crippen molar-refractivity contribution in [2.75, 3.05) is 31.1 Å². The Labute approximate surface area is 232 Å². The maximum Gasteiger partial charge on any atom is 0.341 e. The molecule has 4 aromatic rings. The second kappa shape index (κ2) is 10.4. The summed E-state index contributed by atoms with van der Waals surface area (Å²) < 4.78 is 19.5. The van der Waals surface area contributed by atoms with Gasteiger partial charge in [-0.15, -0.1) is 5.10 Å². The number of hydrogen-bond acceptors (Lipinski definition) is 8. The van der Waals surface area contributed by atoms with Crippen LogP contribution >= 0.6 is 23.6 Å². The van der Waals surface area contributed by atoms with Gasteiger partial charge in [-0.25, -0.2) is 18.9 Å². The zero-order valence-corrected chi connectivity index (χ0v) is 22.5. The molecule has 1 saturated heterocycles. The highest BCUT2D eigenvalue weighted by molar-refractivity contribution is 7.73. The van der Waals surface area contributed by atoms with Crippen LogP contribution in [0.1, 0.15) is 34.8 Å². The van der Waals surface area contributed by atoms with Crippen molar-refractivity contribution >= 4 is 57.5 Å². The highest BCUT2D eigenvalue weighted by atomic mass is 32.1. The fourth-order valence-corrected chi connectivity index (χ4v) is 5.76. The lowest BCUT2D eigenvalue weighted by atomic mass is 10.1. The third kappa shape index (κ3) is 5.27. The molecular weight excluding hydrogens is 539 g/mol. The number of rotatable bonds is 7. The van der Waals surface area contributed by atoms with Crippen LogP contribution in [0, 0.1) is 9.77 Å². The predicted molar refractivity (Wildman–Crippen MR) is 152 cm³/mol. The SMILES string of the molecule is O=C(O)c1cn(C2CC2)c2cc(N3CCN(Cn4nc(/N=C/c5ccccc5)sc4=S)CC3)c(F)cc2c1=O. The first kappa shape index (κ1) is 25.5. The van der Waals surface area contributed by atoms with Gasteiger partial charge in [0.1, 0.15) is 11.4 Å². The normalized spacial score (nSPS) is 16.4. The fourth-order valence-electron chi connectivity index (χ4n) is 4.83. The van der Waals surface area contributed by atoms with E-state index in [-0.39, 0.29) is 17.0 Å². The van der Waals surface area contributed by atoms with E-state index in [1.165, 1.54) is 23.6 Å². The number of nitrogens with zero attached hydrogens (tertiary/aromatic N) is 6. The molecule has 2 fully saturated rings. The lowest BCUT2D eigenvalue weighted by Gasteiger charge is -2.36. The van der Waals surface area contributed by atoms with Gasteiger partial charge in [0, 0.05) is 50.0 Å². The van der Waals surface area contributed by atoms with Crippen molar-refractivity contribution in [3.8, 4) is 0 Å². The van der Waals surface area contributed by atoms with Crippen LogP contribution in [-0.2, 0) is 6.67 Å². The van der Waals surface area contributed by atoms with E-state index in [0.717, 1.165) is 18.4 Å². The average Bonchev–Trinajstić information content (AvgIpc) is 3.72. The van der Waals surface area contributed by atoms with E-state index in [1.54, 1.807) is 17.0 Å². The second-order valence-corrected chi connectivity index (χ2v) is 11.3. The quantitative estimate of drug-likeness (QED) is 0.257. The molecule has 200 valence electrons. The number of carboxylic acid groups (broad SMARTS) is 1. The molecule has 12 heteroatoms. The number of aromatic carboxylic acids is 1. The van der Waals surface area contributed by atoms with Gasteiger partial charge in [0.05, 0.1) is 17.9 Å². The number of benzene rings is 2. The number of aromatic nitrogens is 3. The summed E-state index contributed by atoms with van der Waals surface area (Å²) >= 11 is 6.85. The Morgan fingerprint density at radius 3 is 2.62 bits per heavy atom. The second-order valence-electron chi connectivity index (χ2n) is 9.70. The first-order valence-electron chi connectivity index (χ1n) is 12.6. The van der Waals surface area contributed by atoms with Crippen molar-refractivity contribution in [2.45, 2.75) is 25.6 Å². The van der Waals surface area contributed by atoms with E-state index in [4.69, 9.17) is 12.2 Å². The fraction of sp³-hybridized carbons (Fsp3) is 0.296. The highest BCUT2D eigenvalue weighted by Gasteiger charge is 2.28. The zero-order chi connectivity index (χ0) is 27.1. The Kier molecular flexibility index (Phi) is 6.83. The van der Waals surface area contributed by atoms with Crippen LogP contribution < -0.4 is 10.3 Å². The number of carbonyl (C=O) groups is 1. The minimum absolute atomic E-state index is 0.102. The number of halogens is 1. The molecule has 1 aliphatic heterocycles. The molecule has 0 spiro atoms. The summed E-state index contributed by atoms with van der Waals surface area (Å²) in [5.41, 5.74) is 0.992. The van der Waals surface area contributed by atoms with Crippen molar-refractivity contribution in [3.63, 3.8) is 0 Å². The third-order valence-corrected chi connectivity index (χ3v) is 8.25. The summed E-state index contributed by atoms with van der Waals surface area (Å²) in [5, 5.41) is 14.7. The van der Waals surface area contributed by atoms with Gasteiger partial charge in [-0.2, -0.15) is 0 Å². The van der Waals surface area contributed by atoms with Crippen LogP contribution in [0.4, 0.5) is 15.2 Å². The van der Waals surface area contributed by atoms with Crippen LogP contribution in [0.15, 0.2) is 58.4 Å². The van der Waals surface area contributed by atoms with E-state index in [2.05, 4.69) is 15.0 Å². The van der Waals surface area contributed by atoms with Gasteiger partial charge in [-0.05, 0) is 42.8 Å².